The third-order valence-electron chi connectivity index (χ3n) is 2.27. The predicted octanol–water partition coefficient (Wildman–Crippen LogP) is 2.27. The molecule has 1 N–H and O–H groups in total. The summed E-state index contributed by atoms with van der Waals surface area (Å²) in [5, 5.41) is 17.8. The van der Waals surface area contributed by atoms with Crippen molar-refractivity contribution >= 4 is 21.5 Å². The van der Waals surface area contributed by atoms with E-state index in [9.17, 15) is 10.1 Å². The molecule has 0 radical (unpaired) electrons. The number of nitrogens with one attached hydrogen (secondary N) is 1. The van der Waals surface area contributed by atoms with Crippen LogP contribution in [0.15, 0.2) is 10.7 Å². The number of anilines is 1. The molecular formula is C9H10N4O3S. The van der Waals surface area contributed by atoms with E-state index in [-0.39, 0.29) is 5.00 Å². The minimum atomic E-state index is -0.460. The highest BCUT2D eigenvalue weighted by atomic mass is 32.1. The summed E-state index contributed by atoms with van der Waals surface area (Å²) in [6, 6.07) is 0. The Morgan fingerprint density at radius 3 is 2.88 bits per heavy atom. The van der Waals surface area contributed by atoms with Crippen LogP contribution in [0.1, 0.15) is 17.0 Å². The number of hydrogen-bond acceptors (Lipinski definition) is 7. The van der Waals surface area contributed by atoms with Gasteiger partial charge in [0, 0.05) is 12.1 Å². The van der Waals surface area contributed by atoms with E-state index in [1.165, 1.54) is 6.20 Å². The van der Waals surface area contributed by atoms with Crippen LogP contribution in [-0.2, 0) is 6.54 Å². The van der Waals surface area contributed by atoms with Crippen molar-refractivity contribution in [3.8, 4) is 0 Å². The summed E-state index contributed by atoms with van der Waals surface area (Å²) in [6.45, 7) is 4.16. The van der Waals surface area contributed by atoms with Crippen LogP contribution >= 0.6 is 11.3 Å². The highest BCUT2D eigenvalue weighted by Gasteiger charge is 2.13. The molecule has 0 amide bonds. The molecule has 0 aromatic carbocycles. The molecule has 0 bridgehead atoms. The lowest BCUT2D eigenvalue weighted by molar-refractivity contribution is -0.380. The molecule has 2 aromatic rings. The van der Waals surface area contributed by atoms with Gasteiger partial charge in [0.25, 0.3) is 0 Å². The Hall–Kier alpha value is -1.96. The van der Waals surface area contributed by atoms with Crippen molar-refractivity contribution in [3.05, 3.63) is 33.3 Å². The zero-order valence-electron chi connectivity index (χ0n) is 9.26. The van der Waals surface area contributed by atoms with Gasteiger partial charge < -0.3 is 9.84 Å². The molecule has 0 atom stereocenters. The fourth-order valence-corrected chi connectivity index (χ4v) is 1.98. The van der Waals surface area contributed by atoms with Gasteiger partial charge in [0.1, 0.15) is 12.0 Å². The number of rotatable bonds is 4. The molecule has 0 aliphatic rings. The number of nitrogens with zero attached hydrogens (tertiary/aromatic N) is 3. The average molecular weight is 254 g/mol. The van der Waals surface area contributed by atoms with Crippen molar-refractivity contribution in [1.82, 2.24) is 10.1 Å². The second kappa shape index (κ2) is 4.50. The minimum absolute atomic E-state index is 0.0197. The van der Waals surface area contributed by atoms with E-state index >= 15 is 0 Å². The van der Waals surface area contributed by atoms with Gasteiger partial charge in [0.05, 0.1) is 10.6 Å². The third-order valence-corrected chi connectivity index (χ3v) is 3.18. The van der Waals surface area contributed by atoms with E-state index in [2.05, 4.69) is 15.5 Å². The van der Waals surface area contributed by atoms with E-state index in [4.69, 9.17) is 4.52 Å². The van der Waals surface area contributed by atoms with Gasteiger partial charge in [-0.1, -0.05) is 5.16 Å². The van der Waals surface area contributed by atoms with Gasteiger partial charge in [-0.2, -0.15) is 0 Å². The van der Waals surface area contributed by atoms with Crippen LogP contribution in [0.25, 0.3) is 0 Å². The van der Waals surface area contributed by atoms with Crippen LogP contribution in [0.2, 0.25) is 0 Å². The molecule has 0 fully saturated rings. The number of hydrogen-bond donors (Lipinski definition) is 1. The van der Waals surface area contributed by atoms with Crippen molar-refractivity contribution in [3.63, 3.8) is 0 Å². The molecule has 7 nitrogen and oxygen atoms in total. The van der Waals surface area contributed by atoms with E-state index in [1.54, 1.807) is 0 Å². The molecule has 0 spiro atoms. The Morgan fingerprint density at radius 1 is 1.59 bits per heavy atom. The molecule has 0 aliphatic carbocycles. The van der Waals surface area contributed by atoms with Crippen molar-refractivity contribution in [1.29, 1.82) is 0 Å². The van der Waals surface area contributed by atoms with Crippen LogP contribution in [0.4, 0.5) is 10.1 Å². The Labute approximate surface area is 101 Å². The van der Waals surface area contributed by atoms with Crippen LogP contribution in [-0.4, -0.2) is 15.1 Å². The standard InChI is InChI=1S/C9H10N4O3S/c1-5-7(6(2)16-12-5)3-10-9-11-4-8(17-9)13(14)15/h4H,3H2,1-2H3,(H,10,11). The monoisotopic (exact) mass is 254 g/mol. The van der Waals surface area contributed by atoms with Crippen LogP contribution in [0.5, 0.6) is 0 Å². The Kier molecular flexibility index (Phi) is 3.05. The minimum Gasteiger partial charge on any atom is -0.361 e. The predicted molar refractivity (Wildman–Crippen MR) is 62.1 cm³/mol. The van der Waals surface area contributed by atoms with Crippen molar-refractivity contribution in [2.75, 3.05) is 5.32 Å². The summed E-state index contributed by atoms with van der Waals surface area (Å²) in [5.74, 6) is 0.737. The fourth-order valence-electron chi connectivity index (χ4n) is 1.35. The molecule has 8 heteroatoms. The van der Waals surface area contributed by atoms with E-state index in [1.807, 2.05) is 13.8 Å². The SMILES string of the molecule is Cc1noc(C)c1CNc1ncc([N+](=O)[O-])s1. The van der Waals surface area contributed by atoms with Crippen LogP contribution < -0.4 is 5.32 Å². The normalized spacial score (nSPS) is 10.5. The quantitative estimate of drug-likeness (QED) is 0.664. The van der Waals surface area contributed by atoms with Crippen molar-refractivity contribution in [2.45, 2.75) is 20.4 Å². The topological polar surface area (TPSA) is 94.1 Å². The summed E-state index contributed by atoms with van der Waals surface area (Å²) < 4.78 is 5.01. The summed E-state index contributed by atoms with van der Waals surface area (Å²) in [5.41, 5.74) is 1.75. The number of thiazole rings is 1. The maximum absolute atomic E-state index is 10.5. The largest absolute Gasteiger partial charge is 0.361 e. The molecule has 2 heterocycles. The zero-order chi connectivity index (χ0) is 12.4. The van der Waals surface area contributed by atoms with Crippen LogP contribution in [0, 0.1) is 24.0 Å². The Morgan fingerprint density at radius 2 is 2.35 bits per heavy atom. The van der Waals surface area contributed by atoms with Crippen molar-refractivity contribution in [2.24, 2.45) is 0 Å². The van der Waals surface area contributed by atoms with Gasteiger partial charge in [-0.05, 0) is 25.2 Å². The number of aryl methyl sites for hydroxylation is 2. The molecule has 17 heavy (non-hydrogen) atoms. The average Bonchev–Trinajstić information content (AvgIpc) is 2.85. The fraction of sp³-hybridized carbons (Fsp3) is 0.333. The molecule has 0 saturated heterocycles. The van der Waals surface area contributed by atoms with E-state index in [0.29, 0.717) is 11.7 Å². The molecular weight excluding hydrogens is 244 g/mol. The zero-order valence-corrected chi connectivity index (χ0v) is 10.1. The molecule has 0 saturated carbocycles. The first-order valence-corrected chi connectivity index (χ1v) is 5.65. The van der Waals surface area contributed by atoms with Gasteiger partial charge in [0.2, 0.25) is 0 Å². The van der Waals surface area contributed by atoms with E-state index < -0.39 is 4.92 Å². The first kappa shape index (κ1) is 11.5. The van der Waals surface area contributed by atoms with Gasteiger partial charge in [0.15, 0.2) is 5.13 Å². The summed E-state index contributed by atoms with van der Waals surface area (Å²) in [4.78, 5) is 13.9. The molecule has 2 aromatic heterocycles. The highest BCUT2D eigenvalue weighted by molar-refractivity contribution is 7.18. The Balaban J connectivity index is 2.05. The number of aromatic nitrogens is 2. The first-order chi connectivity index (χ1) is 8.08. The smallest absolute Gasteiger partial charge is 0.345 e. The molecule has 90 valence electrons. The summed E-state index contributed by atoms with van der Waals surface area (Å²) >= 11 is 1.00. The molecule has 2 rings (SSSR count). The van der Waals surface area contributed by atoms with Gasteiger partial charge in [-0.3, -0.25) is 10.1 Å². The maximum atomic E-state index is 10.5. The van der Waals surface area contributed by atoms with Gasteiger partial charge in [-0.25, -0.2) is 4.98 Å². The third kappa shape index (κ3) is 2.41. The maximum Gasteiger partial charge on any atom is 0.345 e. The van der Waals surface area contributed by atoms with Gasteiger partial charge in [-0.15, -0.1) is 0 Å². The lowest BCUT2D eigenvalue weighted by Crippen LogP contribution is -2.00. The summed E-state index contributed by atoms with van der Waals surface area (Å²) in [7, 11) is 0. The second-order valence-corrected chi connectivity index (χ2v) is 4.43. The second-order valence-electron chi connectivity index (χ2n) is 3.42. The summed E-state index contributed by atoms with van der Waals surface area (Å²) in [6.07, 6.45) is 1.24. The van der Waals surface area contributed by atoms with Gasteiger partial charge >= 0.3 is 5.00 Å². The molecule has 0 aliphatic heterocycles. The van der Waals surface area contributed by atoms with Crippen LogP contribution in [0.3, 0.4) is 0 Å². The van der Waals surface area contributed by atoms with E-state index in [0.717, 1.165) is 28.4 Å². The lowest BCUT2D eigenvalue weighted by Gasteiger charge is -2.00. The lowest BCUT2D eigenvalue weighted by atomic mass is 10.2. The Bertz CT molecular complexity index is 529. The first-order valence-electron chi connectivity index (χ1n) is 4.83. The molecule has 0 unspecified atom stereocenters. The van der Waals surface area contributed by atoms with Crippen molar-refractivity contribution < 1.29 is 9.45 Å². The number of nitro groups is 1. The highest BCUT2D eigenvalue weighted by Crippen LogP contribution is 2.25.